The van der Waals surface area contributed by atoms with Gasteiger partial charge >= 0.3 is 0 Å². The van der Waals surface area contributed by atoms with Crippen molar-refractivity contribution in [1.82, 2.24) is 9.13 Å². The minimum absolute atomic E-state index is 0.897. The van der Waals surface area contributed by atoms with Crippen molar-refractivity contribution in [3.05, 3.63) is 218 Å². The molecule has 0 amide bonds. The first-order valence-electron chi connectivity index (χ1n) is 21.7. The van der Waals surface area contributed by atoms with Gasteiger partial charge in [0.15, 0.2) is 0 Å². The number of fused-ring (bicyclic) bond motifs is 16. The lowest BCUT2D eigenvalue weighted by Crippen LogP contribution is -1.96. The van der Waals surface area contributed by atoms with E-state index in [1.807, 2.05) is 6.07 Å². The van der Waals surface area contributed by atoms with Crippen molar-refractivity contribution in [3.63, 3.8) is 0 Å². The van der Waals surface area contributed by atoms with E-state index in [9.17, 15) is 0 Å². The summed E-state index contributed by atoms with van der Waals surface area (Å²) in [5.74, 6) is 0. The highest BCUT2D eigenvalue weighted by Crippen LogP contribution is 2.46. The van der Waals surface area contributed by atoms with Crippen LogP contribution in [0.3, 0.4) is 0 Å². The lowest BCUT2D eigenvalue weighted by atomic mass is 9.89. The van der Waals surface area contributed by atoms with E-state index in [2.05, 4.69) is 221 Å². The first-order chi connectivity index (χ1) is 31.3. The van der Waals surface area contributed by atoms with Crippen LogP contribution in [0.4, 0.5) is 0 Å². The molecule has 0 unspecified atom stereocenters. The Morgan fingerprint density at radius 2 is 0.825 bits per heavy atom. The SMILES string of the molecule is c1ccc(-n2c3ccccc3c3c4c(ccc32)c2ccccc2c2cc(-c3cc(-c5cccc6c5oc5ccccc56)cc(-n5c6ccccc6c6ccccc65)c3)ccc24)cc1. The Kier molecular flexibility index (Phi) is 7.11. The molecule has 3 aromatic heterocycles. The van der Waals surface area contributed by atoms with Crippen LogP contribution in [-0.2, 0) is 0 Å². The number of nitrogens with zero attached hydrogens (tertiary/aromatic N) is 2. The number of furan rings is 1. The highest BCUT2D eigenvalue weighted by atomic mass is 16.3. The van der Waals surface area contributed by atoms with Gasteiger partial charge in [0, 0.05) is 54.6 Å². The second-order valence-electron chi connectivity index (χ2n) is 16.8. The minimum atomic E-state index is 0.897. The third-order valence-corrected chi connectivity index (χ3v) is 13.5. The lowest BCUT2D eigenvalue weighted by molar-refractivity contribution is 0.670. The number of rotatable bonds is 4. The van der Waals surface area contributed by atoms with Crippen LogP contribution in [0.15, 0.2) is 223 Å². The monoisotopic (exact) mass is 800 g/mol. The molecule has 0 saturated carbocycles. The first-order valence-corrected chi connectivity index (χ1v) is 21.7. The average Bonchev–Trinajstić information content (AvgIpc) is 4.02. The van der Waals surface area contributed by atoms with E-state index in [1.54, 1.807) is 0 Å². The molecule has 14 rings (SSSR count). The zero-order valence-electron chi connectivity index (χ0n) is 34.1. The predicted octanol–water partition coefficient (Wildman–Crippen LogP) is 16.6. The topological polar surface area (TPSA) is 23.0 Å². The molecule has 0 bridgehead atoms. The summed E-state index contributed by atoms with van der Waals surface area (Å²) in [4.78, 5) is 0. The van der Waals surface area contributed by atoms with Crippen LogP contribution < -0.4 is 0 Å². The lowest BCUT2D eigenvalue weighted by Gasteiger charge is -2.16. The van der Waals surface area contributed by atoms with E-state index in [4.69, 9.17) is 4.42 Å². The molecule has 0 spiro atoms. The van der Waals surface area contributed by atoms with Crippen LogP contribution in [0.25, 0.3) is 131 Å². The molecule has 0 aliphatic rings. The summed E-state index contributed by atoms with van der Waals surface area (Å²) in [6.45, 7) is 0. The Labute approximate surface area is 361 Å². The van der Waals surface area contributed by atoms with Gasteiger partial charge in [-0.15, -0.1) is 0 Å². The molecule has 3 heterocycles. The first kappa shape index (κ1) is 34.3. The second kappa shape index (κ2) is 13.1. The van der Waals surface area contributed by atoms with Crippen molar-refractivity contribution >= 4 is 97.9 Å². The Hall–Kier alpha value is -8.40. The van der Waals surface area contributed by atoms with Crippen LogP contribution in [-0.4, -0.2) is 9.13 Å². The molecule has 0 fully saturated rings. The third kappa shape index (κ3) is 4.90. The van der Waals surface area contributed by atoms with E-state index >= 15 is 0 Å². The second-order valence-corrected chi connectivity index (χ2v) is 16.8. The molecule has 63 heavy (non-hydrogen) atoms. The summed E-state index contributed by atoms with van der Waals surface area (Å²) in [5, 5.41) is 14.8. The van der Waals surface area contributed by atoms with Gasteiger partial charge in [-0.25, -0.2) is 0 Å². The van der Waals surface area contributed by atoms with Gasteiger partial charge in [0.2, 0.25) is 0 Å². The van der Waals surface area contributed by atoms with E-state index in [0.717, 1.165) is 55.6 Å². The fourth-order valence-corrected chi connectivity index (χ4v) is 10.8. The van der Waals surface area contributed by atoms with Crippen molar-refractivity contribution in [3.8, 4) is 33.6 Å². The third-order valence-electron chi connectivity index (χ3n) is 13.5. The molecule has 0 saturated heterocycles. The number of para-hydroxylation sites is 6. The maximum absolute atomic E-state index is 6.69. The van der Waals surface area contributed by atoms with Gasteiger partial charge in [-0.3, -0.25) is 0 Å². The van der Waals surface area contributed by atoms with E-state index < -0.39 is 0 Å². The molecular weight excluding hydrogens is 765 g/mol. The van der Waals surface area contributed by atoms with Crippen LogP contribution in [0.5, 0.6) is 0 Å². The summed E-state index contributed by atoms with van der Waals surface area (Å²) < 4.78 is 11.5. The largest absolute Gasteiger partial charge is 0.455 e. The summed E-state index contributed by atoms with van der Waals surface area (Å²) in [7, 11) is 0. The normalized spacial score (nSPS) is 12.1. The van der Waals surface area contributed by atoms with Gasteiger partial charge < -0.3 is 13.6 Å². The number of benzene rings is 11. The van der Waals surface area contributed by atoms with Crippen LogP contribution in [0.2, 0.25) is 0 Å². The molecule has 11 aromatic carbocycles. The van der Waals surface area contributed by atoms with Gasteiger partial charge in [0.1, 0.15) is 11.2 Å². The molecule has 14 aromatic rings. The highest BCUT2D eigenvalue weighted by Gasteiger charge is 2.21. The predicted molar refractivity (Wildman–Crippen MR) is 266 cm³/mol. The zero-order chi connectivity index (χ0) is 41.2. The molecule has 0 N–H and O–H groups in total. The molecule has 0 aliphatic carbocycles. The van der Waals surface area contributed by atoms with Crippen molar-refractivity contribution in [2.24, 2.45) is 0 Å². The molecule has 292 valence electrons. The minimum Gasteiger partial charge on any atom is -0.455 e. The van der Waals surface area contributed by atoms with Crippen molar-refractivity contribution in [2.45, 2.75) is 0 Å². The fraction of sp³-hybridized carbons (Fsp3) is 0. The average molecular weight is 801 g/mol. The van der Waals surface area contributed by atoms with Gasteiger partial charge in [-0.1, -0.05) is 152 Å². The van der Waals surface area contributed by atoms with Crippen molar-refractivity contribution in [2.75, 3.05) is 0 Å². The summed E-state index contributed by atoms with van der Waals surface area (Å²) in [5.41, 5.74) is 13.3. The van der Waals surface area contributed by atoms with Crippen LogP contribution in [0.1, 0.15) is 0 Å². The van der Waals surface area contributed by atoms with Crippen molar-refractivity contribution in [1.29, 1.82) is 0 Å². The number of aromatic nitrogens is 2. The van der Waals surface area contributed by atoms with Gasteiger partial charge in [0.25, 0.3) is 0 Å². The Bertz CT molecular complexity index is 4150. The van der Waals surface area contributed by atoms with Crippen LogP contribution >= 0.6 is 0 Å². The number of hydrogen-bond acceptors (Lipinski definition) is 1. The quantitative estimate of drug-likeness (QED) is 0.163. The Morgan fingerprint density at radius 1 is 0.270 bits per heavy atom. The number of hydrogen-bond donors (Lipinski definition) is 0. The molecule has 0 radical (unpaired) electrons. The fourth-order valence-electron chi connectivity index (χ4n) is 10.8. The van der Waals surface area contributed by atoms with Gasteiger partial charge in [-0.2, -0.15) is 0 Å². The molecule has 0 aliphatic heterocycles. The van der Waals surface area contributed by atoms with E-state index in [-0.39, 0.29) is 0 Å². The standard InChI is InChI=1S/C60H36N2O/c1-2-15-40(16-3-1)61-55-27-12-8-22-51(55)59-56(61)32-31-48-43-17-4-5-18-44(43)52-36-37(29-30-49(52)58(48)59)38-33-39(42-23-14-24-50-47-21-9-13-28-57(47)63-60(42)50)35-41(34-38)62-53-25-10-6-19-45(53)46-20-7-11-26-54(46)62/h1-36H. The molecular formula is C60H36N2O. The van der Waals surface area contributed by atoms with Gasteiger partial charge in [-0.05, 0) is 110 Å². The summed E-state index contributed by atoms with van der Waals surface area (Å²) in [6.07, 6.45) is 0. The maximum atomic E-state index is 6.69. The summed E-state index contributed by atoms with van der Waals surface area (Å²) >= 11 is 0. The van der Waals surface area contributed by atoms with Crippen LogP contribution in [0, 0.1) is 0 Å². The molecule has 0 atom stereocenters. The van der Waals surface area contributed by atoms with Crippen molar-refractivity contribution < 1.29 is 4.42 Å². The maximum Gasteiger partial charge on any atom is 0.143 e. The Morgan fingerprint density at radius 3 is 1.59 bits per heavy atom. The summed E-state index contributed by atoms with van der Waals surface area (Å²) in [6, 6.07) is 79.8. The smallest absolute Gasteiger partial charge is 0.143 e. The highest BCUT2D eigenvalue weighted by molar-refractivity contribution is 6.35. The van der Waals surface area contributed by atoms with E-state index in [0.29, 0.717) is 0 Å². The van der Waals surface area contributed by atoms with E-state index in [1.165, 1.54) is 75.9 Å². The Balaban J connectivity index is 1.08. The molecule has 3 heteroatoms. The molecule has 3 nitrogen and oxygen atoms in total. The zero-order valence-corrected chi connectivity index (χ0v) is 34.1. The van der Waals surface area contributed by atoms with Gasteiger partial charge in [0.05, 0.1) is 22.1 Å².